The number of carbonyl (C=O) groups is 1. The number of aromatic nitrogens is 3. The Balaban J connectivity index is 1.46. The Labute approximate surface area is 174 Å². The standard InChI is InChI=1S/C21H25N5O2S/c1-21(2,3)28-20(27)26-8-6-15(7-9-26)25-19-16-10-14(18-11-22-13-29-18)4-5-17(16)23-12-24-19/h4-5,10-13,15H,6-9H2,1-3H3,(H,23,24,25). The maximum Gasteiger partial charge on any atom is 0.410 e. The molecule has 0 bridgehead atoms. The Hall–Kier alpha value is -2.74. The van der Waals surface area contributed by atoms with Gasteiger partial charge in [-0.15, -0.1) is 11.3 Å². The summed E-state index contributed by atoms with van der Waals surface area (Å²) < 4.78 is 5.48. The highest BCUT2D eigenvalue weighted by molar-refractivity contribution is 7.13. The molecule has 7 nitrogen and oxygen atoms in total. The van der Waals surface area contributed by atoms with Crippen LogP contribution >= 0.6 is 11.3 Å². The van der Waals surface area contributed by atoms with Gasteiger partial charge in [0.25, 0.3) is 0 Å². The third-order valence-electron chi connectivity index (χ3n) is 4.84. The average molecular weight is 412 g/mol. The van der Waals surface area contributed by atoms with Gasteiger partial charge in [-0.05, 0) is 51.3 Å². The van der Waals surface area contributed by atoms with E-state index < -0.39 is 5.60 Å². The summed E-state index contributed by atoms with van der Waals surface area (Å²) in [6, 6.07) is 6.44. The van der Waals surface area contributed by atoms with Crippen LogP contribution in [0.25, 0.3) is 21.3 Å². The van der Waals surface area contributed by atoms with E-state index in [4.69, 9.17) is 4.74 Å². The molecule has 0 spiro atoms. The van der Waals surface area contributed by atoms with Crippen LogP contribution in [0.5, 0.6) is 0 Å². The van der Waals surface area contributed by atoms with E-state index in [0.29, 0.717) is 13.1 Å². The molecule has 29 heavy (non-hydrogen) atoms. The number of likely N-dealkylation sites (tertiary alicyclic amines) is 1. The fraction of sp³-hybridized carbons (Fsp3) is 0.429. The zero-order valence-corrected chi connectivity index (χ0v) is 17.7. The number of benzene rings is 1. The van der Waals surface area contributed by atoms with Crippen LogP contribution in [-0.2, 0) is 4.74 Å². The van der Waals surface area contributed by atoms with Gasteiger partial charge in [0.05, 0.1) is 15.9 Å². The van der Waals surface area contributed by atoms with Crippen LogP contribution in [0, 0.1) is 0 Å². The van der Waals surface area contributed by atoms with Gasteiger partial charge in [0.2, 0.25) is 0 Å². The van der Waals surface area contributed by atoms with Gasteiger partial charge in [-0.2, -0.15) is 0 Å². The molecule has 1 aromatic carbocycles. The lowest BCUT2D eigenvalue weighted by Crippen LogP contribution is -2.44. The van der Waals surface area contributed by atoms with Gasteiger partial charge >= 0.3 is 6.09 Å². The van der Waals surface area contributed by atoms with Crippen LogP contribution < -0.4 is 5.32 Å². The first-order valence-corrected chi connectivity index (χ1v) is 10.6. The number of ether oxygens (including phenoxy) is 1. The first kappa shape index (κ1) is 19.6. The van der Waals surface area contributed by atoms with E-state index in [0.717, 1.165) is 40.0 Å². The third-order valence-corrected chi connectivity index (χ3v) is 5.66. The Morgan fingerprint density at radius 2 is 2.03 bits per heavy atom. The van der Waals surface area contributed by atoms with Crippen molar-refractivity contribution in [3.8, 4) is 10.4 Å². The lowest BCUT2D eigenvalue weighted by Gasteiger charge is -2.34. The molecule has 1 aliphatic rings. The molecule has 1 fully saturated rings. The Kier molecular flexibility index (Phi) is 5.36. The quantitative estimate of drug-likeness (QED) is 0.680. The summed E-state index contributed by atoms with van der Waals surface area (Å²) in [4.78, 5) is 28.2. The second kappa shape index (κ2) is 7.94. The number of carbonyl (C=O) groups excluding carboxylic acids is 1. The number of rotatable bonds is 3. The van der Waals surface area contributed by atoms with Gasteiger partial charge in [-0.3, -0.25) is 4.98 Å². The van der Waals surface area contributed by atoms with Gasteiger partial charge in [0.15, 0.2) is 0 Å². The second-order valence-corrected chi connectivity index (χ2v) is 9.09. The predicted molar refractivity (Wildman–Crippen MR) is 115 cm³/mol. The number of anilines is 1. The fourth-order valence-corrected chi connectivity index (χ4v) is 4.03. The maximum absolute atomic E-state index is 12.3. The number of hydrogen-bond donors (Lipinski definition) is 1. The van der Waals surface area contributed by atoms with Crippen LogP contribution in [0.1, 0.15) is 33.6 Å². The van der Waals surface area contributed by atoms with E-state index in [2.05, 4.69) is 32.4 Å². The monoisotopic (exact) mass is 411 g/mol. The van der Waals surface area contributed by atoms with Crippen molar-refractivity contribution in [3.63, 3.8) is 0 Å². The van der Waals surface area contributed by atoms with Crippen molar-refractivity contribution in [3.05, 3.63) is 36.2 Å². The average Bonchev–Trinajstić information content (AvgIpc) is 3.22. The van der Waals surface area contributed by atoms with Crippen molar-refractivity contribution in [1.29, 1.82) is 0 Å². The molecule has 2 aromatic heterocycles. The number of thiazole rings is 1. The van der Waals surface area contributed by atoms with Crippen molar-refractivity contribution < 1.29 is 9.53 Å². The normalized spacial score (nSPS) is 15.5. The summed E-state index contributed by atoms with van der Waals surface area (Å²) >= 11 is 1.61. The van der Waals surface area contributed by atoms with E-state index in [1.165, 1.54) is 0 Å². The van der Waals surface area contributed by atoms with Gasteiger partial charge in [0, 0.05) is 30.7 Å². The van der Waals surface area contributed by atoms with Crippen LogP contribution in [0.2, 0.25) is 0 Å². The number of amides is 1. The molecule has 3 heterocycles. The molecule has 1 saturated heterocycles. The van der Waals surface area contributed by atoms with Crippen molar-refractivity contribution in [2.45, 2.75) is 45.3 Å². The molecule has 0 radical (unpaired) electrons. The van der Waals surface area contributed by atoms with Crippen molar-refractivity contribution >= 4 is 34.2 Å². The van der Waals surface area contributed by atoms with Gasteiger partial charge < -0.3 is 15.0 Å². The molecule has 0 saturated carbocycles. The minimum absolute atomic E-state index is 0.238. The highest BCUT2D eigenvalue weighted by atomic mass is 32.1. The smallest absolute Gasteiger partial charge is 0.410 e. The van der Waals surface area contributed by atoms with Crippen molar-refractivity contribution in [2.75, 3.05) is 18.4 Å². The van der Waals surface area contributed by atoms with E-state index in [9.17, 15) is 4.79 Å². The largest absolute Gasteiger partial charge is 0.444 e. The molecule has 1 amide bonds. The third kappa shape index (κ3) is 4.64. The Bertz CT molecular complexity index is 992. The van der Waals surface area contributed by atoms with Crippen LogP contribution in [-0.4, -0.2) is 50.7 Å². The topological polar surface area (TPSA) is 80.2 Å². The molecular weight excluding hydrogens is 386 g/mol. The number of fused-ring (bicyclic) bond motifs is 1. The SMILES string of the molecule is CC(C)(C)OC(=O)N1CCC(Nc2ncnc3ccc(-c4cncs4)cc23)CC1. The highest BCUT2D eigenvalue weighted by Crippen LogP contribution is 2.29. The summed E-state index contributed by atoms with van der Waals surface area (Å²) in [6.07, 6.45) is 4.92. The Morgan fingerprint density at radius 3 is 2.72 bits per heavy atom. The summed E-state index contributed by atoms with van der Waals surface area (Å²) in [5.74, 6) is 0.831. The molecule has 1 N–H and O–H groups in total. The van der Waals surface area contributed by atoms with Crippen LogP contribution in [0.3, 0.4) is 0 Å². The molecule has 152 valence electrons. The lowest BCUT2D eigenvalue weighted by atomic mass is 10.0. The lowest BCUT2D eigenvalue weighted by molar-refractivity contribution is 0.0210. The Morgan fingerprint density at radius 1 is 1.24 bits per heavy atom. The summed E-state index contributed by atoms with van der Waals surface area (Å²) in [6.45, 7) is 7.00. The highest BCUT2D eigenvalue weighted by Gasteiger charge is 2.27. The predicted octanol–water partition coefficient (Wildman–Crippen LogP) is 4.56. The molecule has 0 atom stereocenters. The van der Waals surface area contributed by atoms with E-state index >= 15 is 0 Å². The second-order valence-electron chi connectivity index (χ2n) is 8.21. The number of nitrogens with one attached hydrogen (secondary N) is 1. The van der Waals surface area contributed by atoms with Gasteiger partial charge in [0.1, 0.15) is 17.7 Å². The van der Waals surface area contributed by atoms with E-state index in [1.54, 1.807) is 22.6 Å². The van der Waals surface area contributed by atoms with E-state index in [1.807, 2.05) is 38.5 Å². The fourth-order valence-electron chi connectivity index (χ4n) is 3.41. The first-order valence-electron chi connectivity index (χ1n) is 9.77. The summed E-state index contributed by atoms with van der Waals surface area (Å²) in [5, 5.41) is 4.56. The zero-order valence-electron chi connectivity index (χ0n) is 16.9. The molecule has 0 unspecified atom stereocenters. The van der Waals surface area contributed by atoms with Crippen LogP contribution in [0.4, 0.5) is 10.6 Å². The maximum atomic E-state index is 12.3. The molecule has 8 heteroatoms. The number of nitrogens with zero attached hydrogens (tertiary/aromatic N) is 4. The van der Waals surface area contributed by atoms with Crippen molar-refractivity contribution in [2.24, 2.45) is 0 Å². The van der Waals surface area contributed by atoms with Gasteiger partial charge in [-0.25, -0.2) is 14.8 Å². The summed E-state index contributed by atoms with van der Waals surface area (Å²) in [5.41, 5.74) is 3.38. The van der Waals surface area contributed by atoms with Gasteiger partial charge in [-0.1, -0.05) is 6.07 Å². The molecule has 0 aliphatic carbocycles. The minimum Gasteiger partial charge on any atom is -0.444 e. The zero-order chi connectivity index (χ0) is 20.4. The number of hydrogen-bond acceptors (Lipinski definition) is 7. The van der Waals surface area contributed by atoms with Crippen LogP contribution in [0.15, 0.2) is 36.2 Å². The van der Waals surface area contributed by atoms with E-state index in [-0.39, 0.29) is 12.1 Å². The minimum atomic E-state index is -0.470. The van der Waals surface area contributed by atoms with Crippen molar-refractivity contribution in [1.82, 2.24) is 19.9 Å². The first-order chi connectivity index (χ1) is 13.9. The molecular formula is C21H25N5O2S. The molecule has 3 aromatic rings. The number of piperidine rings is 1. The molecule has 1 aliphatic heterocycles. The molecule has 4 rings (SSSR count). The summed E-state index contributed by atoms with van der Waals surface area (Å²) in [7, 11) is 0.